The Morgan fingerprint density at radius 1 is 1.00 bits per heavy atom. The lowest BCUT2D eigenvalue weighted by Crippen LogP contribution is -2.37. The minimum Gasteiger partial charge on any atom is -0.385 e. The largest absolute Gasteiger partial charge is 0.385 e. The molecule has 0 spiro atoms. The van der Waals surface area contributed by atoms with E-state index >= 15 is 0 Å². The molecule has 0 aromatic rings. The van der Waals surface area contributed by atoms with Gasteiger partial charge in [0.1, 0.15) is 0 Å². The third-order valence-electron chi connectivity index (χ3n) is 2.77. The topological polar surface area (TPSA) is 67.9 Å². The van der Waals surface area contributed by atoms with E-state index in [0.717, 1.165) is 13.0 Å². The summed E-state index contributed by atoms with van der Waals surface area (Å²) in [5, 5.41) is 3.01. The molecule has 0 aliphatic rings. The van der Waals surface area contributed by atoms with Gasteiger partial charge in [-0.2, -0.15) is 4.31 Å². The van der Waals surface area contributed by atoms with Crippen LogP contribution < -0.4 is 5.32 Å². The van der Waals surface area contributed by atoms with Crippen LogP contribution in [0.25, 0.3) is 0 Å². The molecule has 0 atom stereocenters. The van der Waals surface area contributed by atoms with Crippen molar-refractivity contribution in [3.63, 3.8) is 0 Å². The summed E-state index contributed by atoms with van der Waals surface area (Å²) >= 11 is 0. The SMILES string of the molecule is CNCCCCS(=O)(=O)N(CCCOC)CCOC. The molecule has 7 heteroatoms. The third kappa shape index (κ3) is 9.34. The number of unbranched alkanes of at least 4 members (excludes halogenated alkanes) is 1. The quantitative estimate of drug-likeness (QED) is 0.495. The van der Waals surface area contributed by atoms with Crippen molar-refractivity contribution in [2.75, 3.05) is 59.9 Å². The minimum atomic E-state index is -3.19. The van der Waals surface area contributed by atoms with Crippen molar-refractivity contribution in [3.8, 4) is 0 Å². The highest BCUT2D eigenvalue weighted by atomic mass is 32.2. The molecule has 0 aliphatic heterocycles. The molecule has 0 aromatic carbocycles. The van der Waals surface area contributed by atoms with E-state index in [9.17, 15) is 8.42 Å². The Morgan fingerprint density at radius 2 is 1.68 bits per heavy atom. The van der Waals surface area contributed by atoms with E-state index in [2.05, 4.69) is 5.32 Å². The highest BCUT2D eigenvalue weighted by Crippen LogP contribution is 2.06. The van der Waals surface area contributed by atoms with E-state index in [1.165, 1.54) is 4.31 Å². The first-order valence-corrected chi connectivity index (χ1v) is 8.29. The molecule has 0 unspecified atom stereocenters. The summed E-state index contributed by atoms with van der Waals surface area (Å²) in [6, 6.07) is 0. The van der Waals surface area contributed by atoms with Crippen LogP contribution in [-0.2, 0) is 19.5 Å². The zero-order valence-electron chi connectivity index (χ0n) is 12.4. The van der Waals surface area contributed by atoms with Crippen molar-refractivity contribution in [1.29, 1.82) is 0 Å². The molecule has 0 saturated carbocycles. The van der Waals surface area contributed by atoms with Gasteiger partial charge in [0.05, 0.1) is 12.4 Å². The molecule has 0 bridgehead atoms. The normalized spacial score (nSPS) is 12.2. The average Bonchev–Trinajstić information content (AvgIpc) is 2.38. The molecule has 0 rings (SSSR count). The van der Waals surface area contributed by atoms with E-state index in [-0.39, 0.29) is 5.75 Å². The van der Waals surface area contributed by atoms with Crippen molar-refractivity contribution < 1.29 is 17.9 Å². The van der Waals surface area contributed by atoms with Gasteiger partial charge in [0.2, 0.25) is 10.0 Å². The predicted octanol–water partition coefficient (Wildman–Crippen LogP) is 0.301. The minimum absolute atomic E-state index is 0.200. The summed E-state index contributed by atoms with van der Waals surface area (Å²) in [6.45, 7) is 2.74. The fourth-order valence-electron chi connectivity index (χ4n) is 1.68. The van der Waals surface area contributed by atoms with Gasteiger partial charge in [-0.25, -0.2) is 8.42 Å². The van der Waals surface area contributed by atoms with Crippen LogP contribution in [0.2, 0.25) is 0 Å². The molecule has 0 aromatic heterocycles. The molecular formula is C12H28N2O4S. The summed E-state index contributed by atoms with van der Waals surface area (Å²) in [5.41, 5.74) is 0. The predicted molar refractivity (Wildman–Crippen MR) is 76.9 cm³/mol. The Kier molecular flexibility index (Phi) is 11.5. The second-order valence-corrected chi connectivity index (χ2v) is 6.45. The number of hydrogen-bond acceptors (Lipinski definition) is 5. The van der Waals surface area contributed by atoms with Crippen LogP contribution in [0.5, 0.6) is 0 Å². The zero-order valence-corrected chi connectivity index (χ0v) is 13.2. The summed E-state index contributed by atoms with van der Waals surface area (Å²) < 4.78 is 35.8. The van der Waals surface area contributed by atoms with Crippen LogP contribution in [0.3, 0.4) is 0 Å². The maximum absolute atomic E-state index is 12.2. The van der Waals surface area contributed by atoms with Gasteiger partial charge >= 0.3 is 0 Å². The van der Waals surface area contributed by atoms with E-state index in [1.54, 1.807) is 14.2 Å². The van der Waals surface area contributed by atoms with E-state index in [4.69, 9.17) is 9.47 Å². The number of methoxy groups -OCH3 is 2. The van der Waals surface area contributed by atoms with Gasteiger partial charge in [-0.3, -0.25) is 0 Å². The fourth-order valence-corrected chi connectivity index (χ4v) is 3.27. The molecule has 0 radical (unpaired) electrons. The number of ether oxygens (including phenoxy) is 2. The molecule has 19 heavy (non-hydrogen) atoms. The smallest absolute Gasteiger partial charge is 0.214 e. The lowest BCUT2D eigenvalue weighted by molar-refractivity contribution is 0.164. The fraction of sp³-hybridized carbons (Fsp3) is 1.00. The lowest BCUT2D eigenvalue weighted by atomic mass is 10.3. The first kappa shape index (κ1) is 18.8. The van der Waals surface area contributed by atoms with E-state index < -0.39 is 10.0 Å². The van der Waals surface area contributed by atoms with Crippen molar-refractivity contribution >= 4 is 10.0 Å². The number of rotatable bonds is 13. The molecule has 0 saturated heterocycles. The highest BCUT2D eigenvalue weighted by molar-refractivity contribution is 7.89. The number of nitrogens with one attached hydrogen (secondary N) is 1. The molecule has 0 aliphatic carbocycles. The molecule has 0 heterocycles. The van der Waals surface area contributed by atoms with Gasteiger partial charge in [-0.05, 0) is 32.9 Å². The first-order chi connectivity index (χ1) is 9.08. The summed E-state index contributed by atoms with van der Waals surface area (Å²) in [6.07, 6.45) is 2.25. The lowest BCUT2D eigenvalue weighted by Gasteiger charge is -2.21. The van der Waals surface area contributed by atoms with Crippen LogP contribution in [0.15, 0.2) is 0 Å². The highest BCUT2D eigenvalue weighted by Gasteiger charge is 2.20. The Bertz CT molecular complexity index is 296. The van der Waals surface area contributed by atoms with E-state index in [0.29, 0.717) is 39.1 Å². The van der Waals surface area contributed by atoms with Crippen LogP contribution in [0.4, 0.5) is 0 Å². The van der Waals surface area contributed by atoms with Crippen molar-refractivity contribution in [1.82, 2.24) is 9.62 Å². The van der Waals surface area contributed by atoms with Gasteiger partial charge in [0.25, 0.3) is 0 Å². The number of hydrogen-bond donors (Lipinski definition) is 1. The Balaban J connectivity index is 4.26. The van der Waals surface area contributed by atoms with Gasteiger partial charge < -0.3 is 14.8 Å². The summed E-state index contributed by atoms with van der Waals surface area (Å²) in [5.74, 6) is 0.200. The van der Waals surface area contributed by atoms with Crippen LogP contribution >= 0.6 is 0 Å². The maximum Gasteiger partial charge on any atom is 0.214 e. The van der Waals surface area contributed by atoms with Crippen LogP contribution in [-0.4, -0.2) is 72.6 Å². The average molecular weight is 296 g/mol. The van der Waals surface area contributed by atoms with Crippen molar-refractivity contribution in [3.05, 3.63) is 0 Å². The monoisotopic (exact) mass is 296 g/mol. The van der Waals surface area contributed by atoms with Gasteiger partial charge in [0.15, 0.2) is 0 Å². The van der Waals surface area contributed by atoms with Gasteiger partial charge in [0, 0.05) is 33.9 Å². The van der Waals surface area contributed by atoms with E-state index in [1.807, 2.05) is 7.05 Å². The second kappa shape index (κ2) is 11.6. The van der Waals surface area contributed by atoms with Gasteiger partial charge in [-0.15, -0.1) is 0 Å². The number of sulfonamides is 1. The summed E-state index contributed by atoms with van der Waals surface area (Å²) in [7, 11) is 1.87. The van der Waals surface area contributed by atoms with Crippen molar-refractivity contribution in [2.24, 2.45) is 0 Å². The second-order valence-electron chi connectivity index (χ2n) is 4.36. The molecular weight excluding hydrogens is 268 g/mol. The molecule has 1 N–H and O–H groups in total. The first-order valence-electron chi connectivity index (χ1n) is 6.68. The molecule has 6 nitrogen and oxygen atoms in total. The van der Waals surface area contributed by atoms with Crippen molar-refractivity contribution in [2.45, 2.75) is 19.3 Å². The number of nitrogens with zero attached hydrogens (tertiary/aromatic N) is 1. The molecule has 116 valence electrons. The molecule has 0 amide bonds. The summed E-state index contributed by atoms with van der Waals surface area (Å²) in [4.78, 5) is 0. The third-order valence-corrected chi connectivity index (χ3v) is 4.73. The Hall–Kier alpha value is -0.210. The van der Waals surface area contributed by atoms with Crippen LogP contribution in [0.1, 0.15) is 19.3 Å². The zero-order chi connectivity index (χ0) is 14.6. The van der Waals surface area contributed by atoms with Crippen LogP contribution in [0, 0.1) is 0 Å². The standard InChI is InChI=1S/C12H28N2O4S/c1-13-7-4-5-12-19(15,16)14(9-11-18-3)8-6-10-17-2/h13H,4-12H2,1-3H3. The maximum atomic E-state index is 12.2. The molecule has 0 fully saturated rings. The Morgan fingerprint density at radius 3 is 2.26 bits per heavy atom. The van der Waals surface area contributed by atoms with Gasteiger partial charge in [-0.1, -0.05) is 0 Å². The Labute approximate surface area is 117 Å².